The number of rotatable bonds is 41. The summed E-state index contributed by atoms with van der Waals surface area (Å²) in [4.78, 5) is 2.32. The Labute approximate surface area is 435 Å². The first-order valence-electron chi connectivity index (χ1n) is 28.3. The highest BCUT2D eigenvalue weighted by Gasteiger charge is 2.13. The van der Waals surface area contributed by atoms with Crippen molar-refractivity contribution in [2.24, 2.45) is 0 Å². The monoisotopic (exact) mass is 1010 g/mol. The number of nitrogens with zero attached hydrogens (tertiary/aromatic N) is 1. The van der Waals surface area contributed by atoms with E-state index in [0.29, 0.717) is 0 Å². The average Bonchev–Trinajstić information content (AvgIpc) is 3.39. The van der Waals surface area contributed by atoms with Crippen molar-refractivity contribution in [2.45, 2.75) is 207 Å². The highest BCUT2D eigenvalue weighted by atomic mass is 79.9. The van der Waals surface area contributed by atoms with Gasteiger partial charge in [-0.2, -0.15) is 0 Å². The van der Waals surface area contributed by atoms with E-state index in [1.807, 2.05) is 0 Å². The fourth-order valence-electron chi connectivity index (χ4n) is 9.28. The molecule has 0 aromatic heterocycles. The summed E-state index contributed by atoms with van der Waals surface area (Å²) >= 11 is 3.63. The molecule has 0 saturated carbocycles. The number of unbranched alkanes of at least 4 members (excludes halogenated alkanes) is 26. The van der Waals surface area contributed by atoms with Gasteiger partial charge in [0.2, 0.25) is 0 Å². The third-order valence-electron chi connectivity index (χ3n) is 13.7. The number of hydrogen-bond donors (Lipinski definition) is 2. The second kappa shape index (κ2) is 36.5. The molecule has 0 heterocycles. The van der Waals surface area contributed by atoms with Crippen LogP contribution in [-0.4, -0.2) is 13.2 Å². The summed E-state index contributed by atoms with van der Waals surface area (Å²) < 4.78 is 13.2. The third kappa shape index (κ3) is 24.1. The Hall–Kier alpha value is -4.42. The lowest BCUT2D eigenvalue weighted by Crippen LogP contribution is -2.10. The lowest BCUT2D eigenvalue weighted by Gasteiger charge is -2.26. The van der Waals surface area contributed by atoms with Crippen molar-refractivity contribution in [1.82, 2.24) is 0 Å². The molecule has 0 amide bonds. The first-order chi connectivity index (χ1) is 34.6. The smallest absolute Gasteiger partial charge is 0.119 e. The van der Waals surface area contributed by atoms with Gasteiger partial charge in [-0.05, 0) is 121 Å². The van der Waals surface area contributed by atoms with Crippen LogP contribution in [0.15, 0.2) is 126 Å². The molecule has 5 aromatic rings. The predicted molar refractivity (Wildman–Crippen MR) is 308 cm³/mol. The van der Waals surface area contributed by atoms with Crippen molar-refractivity contribution in [3.63, 3.8) is 0 Å². The van der Waals surface area contributed by atoms with Crippen molar-refractivity contribution in [1.29, 1.82) is 0 Å². The van der Waals surface area contributed by atoms with Crippen molar-refractivity contribution in [3.05, 3.63) is 137 Å². The zero-order valence-corrected chi connectivity index (χ0v) is 45.4. The summed E-state index contributed by atoms with van der Waals surface area (Å²) in [5.74, 6) is 1.89. The van der Waals surface area contributed by atoms with Crippen molar-refractivity contribution < 1.29 is 9.47 Å². The molecule has 0 atom stereocenters. The Morgan fingerprint density at radius 3 is 0.900 bits per heavy atom. The van der Waals surface area contributed by atoms with Crippen LogP contribution in [0, 0.1) is 0 Å². The molecule has 382 valence electrons. The molecule has 0 spiro atoms. The fraction of sp³-hybridized carbons (Fsp3) is 0.531. The molecule has 0 radical (unpaired) electrons. The van der Waals surface area contributed by atoms with Gasteiger partial charge in [-0.15, -0.1) is 0 Å². The maximum absolute atomic E-state index is 6.08. The van der Waals surface area contributed by atoms with Gasteiger partial charge < -0.3 is 25.0 Å². The minimum Gasteiger partial charge on any atom is -0.494 e. The summed E-state index contributed by atoms with van der Waals surface area (Å²) in [6, 6.07) is 43.1. The maximum atomic E-state index is 6.08. The fourth-order valence-corrected chi connectivity index (χ4v) is 9.55. The number of halogens is 1. The van der Waals surface area contributed by atoms with Crippen LogP contribution in [-0.2, 0) is 13.1 Å². The second-order valence-corrected chi connectivity index (χ2v) is 20.7. The van der Waals surface area contributed by atoms with Gasteiger partial charge in [-0.25, -0.2) is 0 Å². The Balaban J connectivity index is 0.962. The van der Waals surface area contributed by atoms with Crippen LogP contribution in [0.2, 0.25) is 0 Å². The zero-order valence-electron chi connectivity index (χ0n) is 43.8. The Morgan fingerprint density at radius 2 is 0.600 bits per heavy atom. The molecule has 6 heteroatoms. The van der Waals surface area contributed by atoms with E-state index in [1.165, 1.54) is 178 Å². The second-order valence-electron chi connectivity index (χ2n) is 19.8. The Kier molecular flexibility index (Phi) is 29.5. The number of nitrogens with one attached hydrogen (secondary N) is 2. The SMILES string of the molecule is CCCCCCCCCCCCCCCCOc1ccc(NCc2ccc(N(c3ccc(Br)cc3)c3ccc(CNc4ccc(OCCCCCCCCCCCCCCCC)cc4)cc3)cc2)cc1. The molecule has 0 aliphatic heterocycles. The summed E-state index contributed by atoms with van der Waals surface area (Å²) in [5, 5.41) is 7.20. The molecule has 5 rings (SSSR count). The average molecular weight is 1020 g/mol. The van der Waals surface area contributed by atoms with E-state index >= 15 is 0 Å². The van der Waals surface area contributed by atoms with Gasteiger partial charge in [-0.3, -0.25) is 0 Å². The molecular formula is C64H92BrN3O2. The number of hydrogen-bond acceptors (Lipinski definition) is 5. The molecule has 0 aliphatic rings. The van der Waals surface area contributed by atoms with Gasteiger partial charge in [0.05, 0.1) is 13.2 Å². The lowest BCUT2D eigenvalue weighted by molar-refractivity contribution is 0.304. The predicted octanol–water partition coefficient (Wildman–Crippen LogP) is 20.9. The van der Waals surface area contributed by atoms with Gasteiger partial charge in [0, 0.05) is 46.0 Å². The van der Waals surface area contributed by atoms with Crippen LogP contribution in [0.25, 0.3) is 0 Å². The topological polar surface area (TPSA) is 45.8 Å². The maximum Gasteiger partial charge on any atom is 0.119 e. The molecule has 5 nitrogen and oxygen atoms in total. The number of benzene rings is 5. The molecule has 0 bridgehead atoms. The molecule has 0 fully saturated rings. The Morgan fingerprint density at radius 1 is 0.329 bits per heavy atom. The minimum atomic E-state index is 0.745. The van der Waals surface area contributed by atoms with Crippen molar-refractivity contribution in [2.75, 3.05) is 28.7 Å². The molecule has 2 N–H and O–H groups in total. The van der Waals surface area contributed by atoms with Crippen LogP contribution in [0.5, 0.6) is 11.5 Å². The van der Waals surface area contributed by atoms with Crippen LogP contribution in [0.4, 0.5) is 28.4 Å². The van der Waals surface area contributed by atoms with E-state index in [9.17, 15) is 0 Å². The largest absolute Gasteiger partial charge is 0.494 e. The van der Waals surface area contributed by atoms with Crippen LogP contribution in [0.1, 0.15) is 205 Å². The first-order valence-corrected chi connectivity index (χ1v) is 29.1. The highest BCUT2D eigenvalue weighted by Crippen LogP contribution is 2.36. The molecule has 0 unspecified atom stereocenters. The molecule has 5 aromatic carbocycles. The molecule has 0 saturated heterocycles. The van der Waals surface area contributed by atoms with Gasteiger partial charge in [0.25, 0.3) is 0 Å². The molecule has 0 aliphatic carbocycles. The molecule has 70 heavy (non-hydrogen) atoms. The van der Waals surface area contributed by atoms with Crippen molar-refractivity contribution >= 4 is 44.4 Å². The van der Waals surface area contributed by atoms with Gasteiger partial charge in [-0.1, -0.05) is 221 Å². The minimum absolute atomic E-state index is 0.745. The third-order valence-corrected chi connectivity index (χ3v) is 14.2. The Bertz CT molecular complexity index is 1880. The zero-order chi connectivity index (χ0) is 48.9. The highest BCUT2D eigenvalue weighted by molar-refractivity contribution is 9.10. The van der Waals surface area contributed by atoms with Crippen LogP contribution >= 0.6 is 15.9 Å². The van der Waals surface area contributed by atoms with E-state index in [2.05, 4.69) is 167 Å². The molecular weight excluding hydrogens is 923 g/mol. The number of ether oxygens (including phenoxy) is 2. The van der Waals surface area contributed by atoms with E-state index in [4.69, 9.17) is 9.47 Å². The van der Waals surface area contributed by atoms with Crippen LogP contribution < -0.4 is 25.0 Å². The summed E-state index contributed by atoms with van der Waals surface area (Å²) in [6.07, 6.45) is 38.4. The van der Waals surface area contributed by atoms with E-state index < -0.39 is 0 Å². The van der Waals surface area contributed by atoms with Gasteiger partial charge in [0.1, 0.15) is 11.5 Å². The van der Waals surface area contributed by atoms with Gasteiger partial charge >= 0.3 is 0 Å². The lowest BCUT2D eigenvalue weighted by atomic mass is 10.0. The standard InChI is InChI=1S/C64H92BrN3O2/c1-3-5-7-9-11-13-15-17-19-21-23-25-27-29-51-69-63-47-37-58(38-48-63)66-53-55-31-41-60(42-32-55)68(62-45-35-57(65)36-46-62)61-43-33-56(34-44-61)54-67-59-39-49-64(50-40-59)70-52-30-28-26-24-22-20-18-16-14-12-10-8-6-4-2/h31-50,66-67H,3-30,51-54H2,1-2H3. The van der Waals surface area contributed by atoms with Gasteiger partial charge in [0.15, 0.2) is 0 Å². The summed E-state index contributed by atoms with van der Waals surface area (Å²) in [6.45, 7) is 7.66. The summed E-state index contributed by atoms with van der Waals surface area (Å²) in [5.41, 5.74) is 7.98. The van der Waals surface area contributed by atoms with E-state index in [1.54, 1.807) is 0 Å². The van der Waals surface area contributed by atoms with E-state index in [0.717, 1.165) is 83.6 Å². The summed E-state index contributed by atoms with van der Waals surface area (Å²) in [7, 11) is 0. The quantitative estimate of drug-likeness (QED) is 0.0382. The van der Waals surface area contributed by atoms with Crippen LogP contribution in [0.3, 0.4) is 0 Å². The normalized spacial score (nSPS) is 11.2. The van der Waals surface area contributed by atoms with Crippen molar-refractivity contribution in [3.8, 4) is 11.5 Å². The van der Waals surface area contributed by atoms with E-state index in [-0.39, 0.29) is 0 Å². The number of anilines is 5. The first kappa shape index (κ1) is 56.5.